The number of ether oxygens (including phenoxy) is 2. The van der Waals surface area contributed by atoms with Gasteiger partial charge in [0, 0.05) is 43.3 Å². The number of anilines is 1. The van der Waals surface area contributed by atoms with Crippen molar-refractivity contribution in [2.75, 3.05) is 38.2 Å². The highest BCUT2D eigenvalue weighted by Gasteiger charge is 2.36. The second kappa shape index (κ2) is 12.1. The number of hydrogen-bond acceptors (Lipinski definition) is 11. The van der Waals surface area contributed by atoms with Gasteiger partial charge in [-0.25, -0.2) is 8.42 Å². The van der Waals surface area contributed by atoms with Crippen molar-refractivity contribution in [2.45, 2.75) is 36.7 Å². The molecule has 0 bridgehead atoms. The summed E-state index contributed by atoms with van der Waals surface area (Å²) in [7, 11) is -3.35. The summed E-state index contributed by atoms with van der Waals surface area (Å²) in [5.74, 6) is -0.548. The maximum Gasteiger partial charge on any atom is 0.319 e. The van der Waals surface area contributed by atoms with Crippen LogP contribution < -0.4 is 19.9 Å². The van der Waals surface area contributed by atoms with Crippen LogP contribution >= 0.6 is 11.6 Å². The number of piperazine rings is 1. The van der Waals surface area contributed by atoms with E-state index in [2.05, 4.69) is 5.10 Å². The second-order valence-electron chi connectivity index (χ2n) is 9.98. The molecule has 5 rings (SSSR count). The Balaban J connectivity index is 1.44. The quantitative estimate of drug-likeness (QED) is 0.248. The minimum atomic E-state index is -4.37. The van der Waals surface area contributed by atoms with Crippen molar-refractivity contribution in [3.05, 3.63) is 78.2 Å². The molecular formula is C26H27ClN6O9S. The molecule has 1 aromatic heterocycles. The Morgan fingerprint density at radius 2 is 1.60 bits per heavy atom. The van der Waals surface area contributed by atoms with Crippen LogP contribution in [0.5, 0.6) is 11.5 Å². The fourth-order valence-electron chi connectivity index (χ4n) is 5.25. The molecule has 1 aliphatic heterocycles. The minimum Gasteiger partial charge on any atom is -0.485 e. The molecule has 0 N–H and O–H groups in total. The molecule has 2 aliphatic rings. The van der Waals surface area contributed by atoms with E-state index in [-0.39, 0.29) is 38.0 Å². The number of nitro groups is 2. The smallest absolute Gasteiger partial charge is 0.319 e. The van der Waals surface area contributed by atoms with Gasteiger partial charge in [0.15, 0.2) is 0 Å². The summed E-state index contributed by atoms with van der Waals surface area (Å²) in [6.07, 6.45) is 4.89. The van der Waals surface area contributed by atoms with Crippen molar-refractivity contribution < 1.29 is 27.7 Å². The van der Waals surface area contributed by atoms with Crippen LogP contribution in [0.2, 0.25) is 5.02 Å². The number of rotatable bonds is 9. The predicted molar refractivity (Wildman–Crippen MR) is 155 cm³/mol. The molecule has 0 spiro atoms. The fraction of sp³-hybridized carbons (Fsp3) is 0.385. The lowest BCUT2D eigenvalue weighted by Gasteiger charge is -2.36. The average Bonchev–Trinajstić information content (AvgIpc) is 3.50. The topological polar surface area (TPSA) is 180 Å². The van der Waals surface area contributed by atoms with E-state index in [4.69, 9.17) is 21.1 Å². The maximum absolute atomic E-state index is 13.6. The summed E-state index contributed by atoms with van der Waals surface area (Å²) >= 11 is 6.13. The van der Waals surface area contributed by atoms with Gasteiger partial charge in [-0.15, -0.1) is 0 Å². The van der Waals surface area contributed by atoms with Crippen LogP contribution in [0.4, 0.5) is 17.1 Å². The summed E-state index contributed by atoms with van der Waals surface area (Å²) in [5, 5.41) is 27.9. The molecule has 1 aliphatic carbocycles. The first kappa shape index (κ1) is 30.2. The van der Waals surface area contributed by atoms with Gasteiger partial charge in [0.2, 0.25) is 15.8 Å². The zero-order valence-corrected chi connectivity index (χ0v) is 24.5. The normalized spacial score (nSPS) is 16.3. The molecular weight excluding hydrogens is 608 g/mol. The van der Waals surface area contributed by atoms with Crippen LogP contribution in [-0.4, -0.2) is 71.7 Å². The number of benzene rings is 2. The molecule has 2 heterocycles. The number of halogens is 1. The molecule has 43 heavy (non-hydrogen) atoms. The summed E-state index contributed by atoms with van der Waals surface area (Å²) in [6, 6.07) is 8.17. The molecule has 3 aromatic rings. The average molecular weight is 635 g/mol. The molecule has 2 fully saturated rings. The lowest BCUT2D eigenvalue weighted by atomic mass is 10.2. The van der Waals surface area contributed by atoms with Gasteiger partial charge in [0.25, 0.3) is 5.75 Å². The van der Waals surface area contributed by atoms with Gasteiger partial charge < -0.3 is 14.4 Å². The molecule has 0 unspecified atom stereocenters. The minimum absolute atomic E-state index is 0.0732. The third-order valence-corrected chi connectivity index (χ3v) is 9.50. The van der Waals surface area contributed by atoms with E-state index in [1.807, 2.05) is 0 Å². The Morgan fingerprint density at radius 3 is 2.16 bits per heavy atom. The van der Waals surface area contributed by atoms with Crippen LogP contribution in [-0.2, 0) is 10.0 Å². The first-order valence-electron chi connectivity index (χ1n) is 13.3. The standard InChI is InChI=1S/C26H27ClN6O9S/c1-41-24-21(32(35)36)14-20(15-22(24)33(37)38)43(39,40)30-11-9-29(10-12-30)23-16-28-31(18-6-4-5-17(27)13-18)26(34)25(23)42-19-7-2-3-8-19/h4-6,13-16,19H,2-3,7-12H2,1H3. The summed E-state index contributed by atoms with van der Waals surface area (Å²) in [4.78, 5) is 36.1. The van der Waals surface area contributed by atoms with Crippen molar-refractivity contribution >= 4 is 38.7 Å². The summed E-state index contributed by atoms with van der Waals surface area (Å²) in [6.45, 7) is 0.109. The molecule has 228 valence electrons. The predicted octanol–water partition coefficient (Wildman–Crippen LogP) is 3.54. The van der Waals surface area contributed by atoms with E-state index in [0.717, 1.165) is 49.2 Å². The molecule has 17 heteroatoms. The monoisotopic (exact) mass is 634 g/mol. The highest BCUT2D eigenvalue weighted by Crippen LogP contribution is 2.40. The van der Waals surface area contributed by atoms with Gasteiger partial charge in [-0.2, -0.15) is 14.1 Å². The van der Waals surface area contributed by atoms with Gasteiger partial charge in [-0.3, -0.25) is 25.0 Å². The molecule has 1 saturated heterocycles. The Labute approximate surface area is 250 Å². The largest absolute Gasteiger partial charge is 0.485 e. The number of hydrogen-bond donors (Lipinski definition) is 0. The third-order valence-electron chi connectivity index (χ3n) is 7.39. The number of nitro benzene ring substituents is 2. The lowest BCUT2D eigenvalue weighted by Crippen LogP contribution is -2.49. The highest BCUT2D eigenvalue weighted by atomic mass is 35.5. The second-order valence-corrected chi connectivity index (χ2v) is 12.4. The molecule has 2 aromatic carbocycles. The van der Waals surface area contributed by atoms with Crippen molar-refractivity contribution in [3.8, 4) is 17.2 Å². The number of nitrogens with zero attached hydrogens (tertiary/aromatic N) is 6. The summed E-state index contributed by atoms with van der Waals surface area (Å²) in [5.41, 5.74) is -1.30. The Bertz CT molecular complexity index is 1700. The third kappa shape index (κ3) is 5.98. The summed E-state index contributed by atoms with van der Waals surface area (Å²) < 4.78 is 40.3. The fourth-order valence-corrected chi connectivity index (χ4v) is 6.90. The highest BCUT2D eigenvalue weighted by molar-refractivity contribution is 7.89. The van der Waals surface area contributed by atoms with Gasteiger partial charge in [-0.05, 0) is 43.9 Å². The lowest BCUT2D eigenvalue weighted by molar-refractivity contribution is -0.396. The van der Waals surface area contributed by atoms with E-state index >= 15 is 0 Å². The van der Waals surface area contributed by atoms with Crippen molar-refractivity contribution in [3.63, 3.8) is 0 Å². The first-order valence-corrected chi connectivity index (χ1v) is 15.1. The molecule has 0 amide bonds. The van der Waals surface area contributed by atoms with Gasteiger partial charge in [0.1, 0.15) is 5.69 Å². The number of aromatic nitrogens is 2. The van der Waals surface area contributed by atoms with E-state index in [9.17, 15) is 33.4 Å². The van der Waals surface area contributed by atoms with Crippen LogP contribution in [0.3, 0.4) is 0 Å². The van der Waals surface area contributed by atoms with Crippen LogP contribution in [0, 0.1) is 20.2 Å². The van der Waals surface area contributed by atoms with Gasteiger partial charge in [-0.1, -0.05) is 17.7 Å². The van der Waals surface area contributed by atoms with Gasteiger partial charge in [0.05, 0.1) is 39.8 Å². The Hall–Kier alpha value is -4.28. The molecule has 1 saturated carbocycles. The zero-order valence-electron chi connectivity index (χ0n) is 22.9. The van der Waals surface area contributed by atoms with E-state index in [0.29, 0.717) is 16.4 Å². The maximum atomic E-state index is 13.6. The number of methoxy groups -OCH3 is 1. The van der Waals surface area contributed by atoms with E-state index in [1.54, 1.807) is 29.2 Å². The number of sulfonamides is 1. The molecule has 0 radical (unpaired) electrons. The molecule has 15 nitrogen and oxygen atoms in total. The van der Waals surface area contributed by atoms with E-state index in [1.165, 1.54) is 10.9 Å². The van der Waals surface area contributed by atoms with Crippen molar-refractivity contribution in [1.29, 1.82) is 0 Å². The zero-order chi connectivity index (χ0) is 30.9. The van der Waals surface area contributed by atoms with Gasteiger partial charge >= 0.3 is 16.9 Å². The SMILES string of the molecule is COc1c([N+](=O)[O-])cc(S(=O)(=O)N2CCN(c3cnn(-c4cccc(Cl)c4)c(=O)c3OC3CCCC3)CC2)cc1[N+](=O)[O-]. The molecule has 0 atom stereocenters. The van der Waals surface area contributed by atoms with Crippen molar-refractivity contribution in [2.24, 2.45) is 0 Å². The Kier molecular flexibility index (Phi) is 8.52. The Morgan fingerprint density at radius 1 is 0.977 bits per heavy atom. The van der Waals surface area contributed by atoms with Crippen LogP contribution in [0.15, 0.2) is 52.3 Å². The van der Waals surface area contributed by atoms with Crippen molar-refractivity contribution in [1.82, 2.24) is 14.1 Å². The van der Waals surface area contributed by atoms with E-state index < -0.39 is 47.4 Å². The van der Waals surface area contributed by atoms with Crippen LogP contribution in [0.25, 0.3) is 5.69 Å². The van der Waals surface area contributed by atoms with Crippen LogP contribution in [0.1, 0.15) is 25.7 Å². The first-order chi connectivity index (χ1) is 20.5.